The van der Waals surface area contributed by atoms with Crippen LogP contribution >= 0.6 is 34.8 Å². The summed E-state index contributed by atoms with van der Waals surface area (Å²) in [6, 6.07) is 10.8. The lowest BCUT2D eigenvalue weighted by molar-refractivity contribution is 1.09. The van der Waals surface area contributed by atoms with E-state index >= 15 is 0 Å². The molecule has 1 aromatic carbocycles. The van der Waals surface area contributed by atoms with Gasteiger partial charge in [-0.25, -0.2) is 0 Å². The molecular weight excluding hydrogens is 239 g/mol. The van der Waals surface area contributed by atoms with Crippen molar-refractivity contribution in [2.45, 2.75) is 12.5 Å². The average molecular weight is 251 g/mol. The van der Waals surface area contributed by atoms with Gasteiger partial charge in [0.15, 0.2) is 0 Å². The average Bonchev–Trinajstić information content (AvgIpc) is 2.16. The SMILES string of the molecule is SCCC[Si](Cl)(Cl)c1ccccc1. The van der Waals surface area contributed by atoms with Crippen LogP contribution in [-0.4, -0.2) is 12.4 Å². The quantitative estimate of drug-likeness (QED) is 0.474. The Morgan fingerprint density at radius 2 is 1.77 bits per heavy atom. The van der Waals surface area contributed by atoms with Crippen molar-refractivity contribution in [1.29, 1.82) is 0 Å². The van der Waals surface area contributed by atoms with Crippen molar-refractivity contribution < 1.29 is 0 Å². The molecule has 0 aliphatic carbocycles. The number of halogens is 2. The first-order valence-electron chi connectivity index (χ1n) is 4.21. The number of hydrogen-bond donors (Lipinski definition) is 1. The molecule has 0 bridgehead atoms. The maximum absolute atomic E-state index is 6.31. The Labute approximate surface area is 95.1 Å². The molecule has 0 aliphatic heterocycles. The standard InChI is InChI=1S/C9H12Cl2SSi/c10-13(11,8-4-7-12)9-5-2-1-3-6-9/h1-3,5-6,12H,4,7-8H2. The Morgan fingerprint density at radius 3 is 2.31 bits per heavy atom. The lowest BCUT2D eigenvalue weighted by Gasteiger charge is -2.15. The maximum atomic E-state index is 6.31. The lowest BCUT2D eigenvalue weighted by atomic mass is 10.4. The fraction of sp³-hybridized carbons (Fsp3) is 0.333. The molecule has 0 nitrogen and oxygen atoms in total. The molecule has 0 radical (unpaired) electrons. The summed E-state index contributed by atoms with van der Waals surface area (Å²) in [6.07, 6.45) is 0.983. The molecule has 4 heteroatoms. The molecular formula is C9H12Cl2SSi. The summed E-state index contributed by atoms with van der Waals surface area (Å²) >= 11 is 16.8. The summed E-state index contributed by atoms with van der Waals surface area (Å²) in [5.74, 6) is 0.848. The molecule has 0 spiro atoms. The monoisotopic (exact) mass is 250 g/mol. The number of rotatable bonds is 4. The fourth-order valence-electron chi connectivity index (χ4n) is 1.13. The van der Waals surface area contributed by atoms with Gasteiger partial charge >= 0.3 is 0 Å². The van der Waals surface area contributed by atoms with E-state index in [1.54, 1.807) is 0 Å². The van der Waals surface area contributed by atoms with E-state index in [-0.39, 0.29) is 0 Å². The van der Waals surface area contributed by atoms with E-state index in [1.165, 1.54) is 0 Å². The van der Waals surface area contributed by atoms with Crippen LogP contribution in [0.2, 0.25) is 6.04 Å². The van der Waals surface area contributed by atoms with E-state index in [9.17, 15) is 0 Å². The van der Waals surface area contributed by atoms with E-state index in [4.69, 9.17) is 22.2 Å². The summed E-state index contributed by atoms with van der Waals surface area (Å²) < 4.78 is 0. The highest BCUT2D eigenvalue weighted by Crippen LogP contribution is 2.22. The largest absolute Gasteiger partial charge is 0.280 e. The molecule has 0 aliphatic rings. The summed E-state index contributed by atoms with van der Waals surface area (Å²) in [5.41, 5.74) is 0. The van der Waals surface area contributed by atoms with Gasteiger partial charge in [-0.2, -0.15) is 12.6 Å². The molecule has 0 N–H and O–H groups in total. The van der Waals surface area contributed by atoms with Crippen LogP contribution in [-0.2, 0) is 0 Å². The predicted octanol–water partition coefficient (Wildman–Crippen LogP) is 3.13. The van der Waals surface area contributed by atoms with Crippen molar-refractivity contribution >= 4 is 46.7 Å². The molecule has 1 aromatic rings. The van der Waals surface area contributed by atoms with Crippen LogP contribution in [0, 0.1) is 0 Å². The van der Waals surface area contributed by atoms with Gasteiger partial charge in [-0.15, -0.1) is 22.2 Å². The Bertz CT molecular complexity index is 251. The molecule has 0 amide bonds. The van der Waals surface area contributed by atoms with E-state index in [0.717, 1.165) is 23.4 Å². The Hall–Kier alpha value is 0.367. The first kappa shape index (κ1) is 11.4. The number of hydrogen-bond acceptors (Lipinski definition) is 1. The summed E-state index contributed by atoms with van der Waals surface area (Å²) in [6.45, 7) is -2.20. The lowest BCUT2D eigenvalue weighted by Crippen LogP contribution is -2.36. The van der Waals surface area contributed by atoms with Gasteiger partial charge in [-0.3, -0.25) is 0 Å². The van der Waals surface area contributed by atoms with Crippen molar-refractivity contribution in [3.8, 4) is 0 Å². The first-order valence-corrected chi connectivity index (χ1v) is 9.07. The molecule has 0 atom stereocenters. The van der Waals surface area contributed by atoms with Crippen LogP contribution in [0.5, 0.6) is 0 Å². The second-order valence-corrected chi connectivity index (χ2v) is 10.3. The van der Waals surface area contributed by atoms with Crippen LogP contribution in [0.25, 0.3) is 0 Å². The molecule has 0 saturated heterocycles. The van der Waals surface area contributed by atoms with Gasteiger partial charge in [0.1, 0.15) is 0 Å². The van der Waals surface area contributed by atoms with Gasteiger partial charge in [0.25, 0.3) is 6.69 Å². The van der Waals surface area contributed by atoms with Crippen LogP contribution in [0.3, 0.4) is 0 Å². The molecule has 72 valence electrons. The highest BCUT2D eigenvalue weighted by atomic mass is 35.7. The molecule has 0 fully saturated rings. The zero-order chi connectivity index (χ0) is 9.73. The van der Waals surface area contributed by atoms with Crippen molar-refractivity contribution in [1.82, 2.24) is 0 Å². The normalized spacial score (nSPS) is 11.6. The summed E-state index contributed by atoms with van der Waals surface area (Å²) in [5, 5.41) is 1.10. The van der Waals surface area contributed by atoms with Crippen molar-refractivity contribution in [3.05, 3.63) is 30.3 Å². The smallest absolute Gasteiger partial charge is 0.179 e. The third-order valence-electron chi connectivity index (χ3n) is 1.85. The summed E-state index contributed by atoms with van der Waals surface area (Å²) in [7, 11) is 0. The molecule has 1 rings (SSSR count). The number of thiol groups is 1. The third-order valence-corrected chi connectivity index (χ3v) is 6.76. The Morgan fingerprint density at radius 1 is 1.15 bits per heavy atom. The second-order valence-electron chi connectivity index (χ2n) is 2.90. The van der Waals surface area contributed by atoms with Gasteiger partial charge in [-0.1, -0.05) is 30.3 Å². The van der Waals surface area contributed by atoms with Crippen LogP contribution < -0.4 is 5.19 Å². The molecule has 0 saturated carbocycles. The second kappa shape index (κ2) is 5.30. The van der Waals surface area contributed by atoms with E-state index < -0.39 is 6.69 Å². The Kier molecular flexibility index (Phi) is 4.66. The van der Waals surface area contributed by atoms with Crippen molar-refractivity contribution in [2.75, 3.05) is 5.75 Å². The van der Waals surface area contributed by atoms with Gasteiger partial charge in [0, 0.05) is 0 Å². The van der Waals surface area contributed by atoms with Crippen LogP contribution in [0.1, 0.15) is 6.42 Å². The maximum Gasteiger partial charge on any atom is 0.280 e. The molecule has 0 heterocycles. The van der Waals surface area contributed by atoms with Gasteiger partial charge < -0.3 is 0 Å². The zero-order valence-electron chi connectivity index (χ0n) is 7.21. The molecule has 0 aromatic heterocycles. The highest BCUT2D eigenvalue weighted by Gasteiger charge is 2.29. The third kappa shape index (κ3) is 3.54. The van der Waals surface area contributed by atoms with Crippen molar-refractivity contribution in [2.24, 2.45) is 0 Å². The van der Waals surface area contributed by atoms with Gasteiger partial charge in [0.2, 0.25) is 0 Å². The topological polar surface area (TPSA) is 0 Å². The summed E-state index contributed by atoms with van der Waals surface area (Å²) in [4.78, 5) is 0. The van der Waals surface area contributed by atoms with Crippen molar-refractivity contribution in [3.63, 3.8) is 0 Å². The number of benzene rings is 1. The molecule has 13 heavy (non-hydrogen) atoms. The van der Waals surface area contributed by atoms with E-state index in [1.807, 2.05) is 30.3 Å². The first-order chi connectivity index (χ1) is 6.17. The predicted molar refractivity (Wildman–Crippen MR) is 66.8 cm³/mol. The van der Waals surface area contributed by atoms with Gasteiger partial charge in [-0.05, 0) is 23.4 Å². The van der Waals surface area contributed by atoms with E-state index in [0.29, 0.717) is 0 Å². The van der Waals surface area contributed by atoms with Crippen LogP contribution in [0.15, 0.2) is 30.3 Å². The highest BCUT2D eigenvalue weighted by molar-refractivity contribution is 7.80. The minimum absolute atomic E-state index is 0.848. The van der Waals surface area contributed by atoms with Gasteiger partial charge in [0.05, 0.1) is 0 Å². The fourth-order valence-corrected chi connectivity index (χ4v) is 4.73. The Balaban J connectivity index is 2.69. The zero-order valence-corrected chi connectivity index (χ0v) is 10.6. The molecule has 0 unspecified atom stereocenters. The van der Waals surface area contributed by atoms with E-state index in [2.05, 4.69) is 12.6 Å². The van der Waals surface area contributed by atoms with Crippen LogP contribution in [0.4, 0.5) is 0 Å². The minimum atomic E-state index is -2.20. The minimum Gasteiger partial charge on any atom is -0.179 e.